The van der Waals surface area contributed by atoms with Gasteiger partial charge in [0, 0.05) is 37.4 Å². The average molecular weight is 588 g/mol. The molecule has 3 aromatic rings. The Kier molecular flexibility index (Phi) is 7.97. The van der Waals surface area contributed by atoms with Crippen molar-refractivity contribution in [3.63, 3.8) is 0 Å². The van der Waals surface area contributed by atoms with Crippen molar-refractivity contribution in [1.29, 1.82) is 0 Å². The molecule has 0 bridgehead atoms. The fraction of sp³-hybridized carbons (Fsp3) is 0.469. The van der Waals surface area contributed by atoms with Crippen molar-refractivity contribution in [3.05, 3.63) is 65.2 Å². The van der Waals surface area contributed by atoms with E-state index in [1.807, 2.05) is 17.0 Å². The lowest BCUT2D eigenvalue weighted by molar-refractivity contribution is -0.131. The van der Waals surface area contributed by atoms with Crippen LogP contribution in [0.5, 0.6) is 6.01 Å². The number of likely N-dealkylation sites (N-methyl/N-ethyl adjacent to an activating group) is 1. The van der Waals surface area contributed by atoms with E-state index in [1.54, 1.807) is 6.20 Å². The van der Waals surface area contributed by atoms with Gasteiger partial charge in [-0.25, -0.2) is 15.4 Å². The first kappa shape index (κ1) is 28.9. The van der Waals surface area contributed by atoms with Crippen LogP contribution in [-0.2, 0) is 11.2 Å². The molecule has 3 aliphatic rings. The number of carbonyl (C=O) groups is 1. The molecule has 3 atom stereocenters. The number of rotatable bonds is 7. The molecule has 2 aromatic heterocycles. The van der Waals surface area contributed by atoms with Crippen LogP contribution in [0.1, 0.15) is 43.2 Å². The van der Waals surface area contributed by atoms with Gasteiger partial charge >= 0.3 is 6.01 Å². The summed E-state index contributed by atoms with van der Waals surface area (Å²) in [6.45, 7) is 14.7. The third-order valence-corrected chi connectivity index (χ3v) is 9.09. The zero-order valence-electron chi connectivity index (χ0n) is 24.5. The largest absolute Gasteiger partial charge is 0.462 e. The Bertz CT molecular complexity index is 1620. The van der Waals surface area contributed by atoms with Crippen molar-refractivity contribution in [2.45, 2.75) is 50.6 Å². The quantitative estimate of drug-likeness (QED) is 0.291. The minimum atomic E-state index is -1.07. The van der Waals surface area contributed by atoms with E-state index in [1.165, 1.54) is 10.5 Å². The summed E-state index contributed by atoms with van der Waals surface area (Å²) < 4.78 is 36.4. The predicted molar refractivity (Wildman–Crippen MR) is 160 cm³/mol. The second-order valence-electron chi connectivity index (χ2n) is 11.8. The molecule has 11 heteroatoms. The number of anilines is 1. The van der Waals surface area contributed by atoms with Gasteiger partial charge < -0.3 is 24.3 Å². The molecule has 2 aliphatic heterocycles. The number of fused-ring (bicyclic) bond motifs is 2. The monoisotopic (exact) mass is 587 g/mol. The zero-order chi connectivity index (χ0) is 30.2. The number of amides is 1. The highest BCUT2D eigenvalue weighted by Gasteiger charge is 2.36. The smallest absolute Gasteiger partial charge is 0.319 e. The second-order valence-corrected chi connectivity index (χ2v) is 11.8. The number of piperazine rings is 1. The summed E-state index contributed by atoms with van der Waals surface area (Å²) in [5, 5.41) is 0.406. The number of aryl methyl sites for hydroxylation is 1. The summed E-state index contributed by atoms with van der Waals surface area (Å²) in [6.07, 6.45) is 5.63. The number of aromatic nitrogens is 3. The van der Waals surface area contributed by atoms with Crippen LogP contribution in [0.4, 0.5) is 14.6 Å². The number of likely N-dealkylation sites (tertiary alicyclic amines) is 1. The van der Waals surface area contributed by atoms with E-state index in [4.69, 9.17) is 16.3 Å². The molecule has 2 saturated heterocycles. The Hall–Kier alpha value is -4.17. The molecule has 0 spiro atoms. The van der Waals surface area contributed by atoms with Gasteiger partial charge in [-0.15, -0.1) is 0 Å². The summed E-state index contributed by atoms with van der Waals surface area (Å²) >= 11 is 0. The number of nitrogens with zero attached hydrogens (tertiary/aromatic N) is 7. The van der Waals surface area contributed by atoms with Crippen LogP contribution in [0.25, 0.3) is 27.0 Å². The number of hydrogen-bond donors (Lipinski definition) is 0. The average Bonchev–Trinajstić information content (AvgIpc) is 3.60. The summed E-state index contributed by atoms with van der Waals surface area (Å²) in [6, 6.07) is 5.62. The molecule has 224 valence electrons. The third-order valence-electron chi connectivity index (χ3n) is 9.09. The number of ether oxygens (including phenoxy) is 1. The fourth-order valence-electron chi connectivity index (χ4n) is 6.74. The summed E-state index contributed by atoms with van der Waals surface area (Å²) in [5.41, 5.74) is 3.46. The number of carbonyl (C=O) groups excluding carboxylic acids is 1. The Morgan fingerprint density at radius 1 is 1.21 bits per heavy atom. The van der Waals surface area contributed by atoms with Gasteiger partial charge in [-0.1, -0.05) is 31.7 Å². The van der Waals surface area contributed by atoms with Crippen LogP contribution < -0.4 is 9.64 Å². The van der Waals surface area contributed by atoms with E-state index in [-0.39, 0.29) is 49.4 Å². The van der Waals surface area contributed by atoms with Crippen LogP contribution in [0.15, 0.2) is 36.8 Å². The lowest BCUT2D eigenvalue weighted by Crippen LogP contribution is -2.56. The van der Waals surface area contributed by atoms with Crippen molar-refractivity contribution in [1.82, 2.24) is 24.8 Å². The second kappa shape index (κ2) is 11.8. The van der Waals surface area contributed by atoms with Gasteiger partial charge in [0.2, 0.25) is 6.54 Å². The van der Waals surface area contributed by atoms with E-state index in [2.05, 4.69) is 46.3 Å². The summed E-state index contributed by atoms with van der Waals surface area (Å²) in [7, 11) is 2.05. The Morgan fingerprint density at radius 2 is 2.05 bits per heavy atom. The maximum absolute atomic E-state index is 16.6. The van der Waals surface area contributed by atoms with Crippen LogP contribution in [0.3, 0.4) is 0 Å². The highest BCUT2D eigenvalue weighted by molar-refractivity contribution is 5.93. The van der Waals surface area contributed by atoms with Gasteiger partial charge in [-0.3, -0.25) is 9.78 Å². The van der Waals surface area contributed by atoms with E-state index >= 15 is 4.39 Å². The molecule has 6 rings (SSSR count). The van der Waals surface area contributed by atoms with Crippen molar-refractivity contribution < 1.29 is 18.3 Å². The van der Waals surface area contributed by atoms with Gasteiger partial charge in [0.1, 0.15) is 29.7 Å². The minimum absolute atomic E-state index is 0.0238. The molecule has 43 heavy (non-hydrogen) atoms. The Balaban J connectivity index is 1.42. The molecule has 9 nitrogen and oxygen atoms in total. The topological polar surface area (TPSA) is 79.1 Å². The first-order valence-electron chi connectivity index (χ1n) is 14.8. The van der Waals surface area contributed by atoms with Crippen molar-refractivity contribution >= 4 is 22.6 Å². The normalized spacial score (nSPS) is 22.1. The number of halogens is 2. The number of hydrogen-bond acceptors (Lipinski definition) is 7. The van der Waals surface area contributed by atoms with Gasteiger partial charge in [0.05, 0.1) is 5.39 Å². The molecule has 4 heterocycles. The highest BCUT2D eigenvalue weighted by Crippen LogP contribution is 2.41. The maximum Gasteiger partial charge on any atom is 0.319 e. The third kappa shape index (κ3) is 5.40. The molecule has 0 N–H and O–H groups in total. The molecule has 0 radical (unpaired) electrons. The molecule has 1 aliphatic carbocycles. The first-order chi connectivity index (χ1) is 20.8. The van der Waals surface area contributed by atoms with E-state index in [0.717, 1.165) is 43.4 Å². The molecule has 2 fully saturated rings. The van der Waals surface area contributed by atoms with Crippen molar-refractivity contribution in [3.8, 4) is 17.3 Å². The van der Waals surface area contributed by atoms with Gasteiger partial charge in [-0.2, -0.15) is 9.97 Å². The molecule has 0 saturated carbocycles. The summed E-state index contributed by atoms with van der Waals surface area (Å²) in [4.78, 5) is 35.3. The lowest BCUT2D eigenvalue weighted by atomic mass is 9.94. The highest BCUT2D eigenvalue weighted by atomic mass is 19.1. The van der Waals surface area contributed by atoms with Crippen LogP contribution in [-0.4, -0.2) is 89.1 Å². The molecular formula is C32H35F2N7O2. The van der Waals surface area contributed by atoms with E-state index in [9.17, 15) is 9.18 Å². The van der Waals surface area contributed by atoms with Gasteiger partial charge in [-0.05, 0) is 56.3 Å². The lowest BCUT2D eigenvalue weighted by Gasteiger charge is -2.39. The molecule has 1 amide bonds. The minimum Gasteiger partial charge on any atom is -0.462 e. The SMILES string of the molecule is [C-]#[N+]C[C@H]1CN(c2nc(OC[C@@H]3CCCN3C)nc3c(F)c(-c4cccc5c4C(C)CC5)ncc23)CCN1C(=O)C(=C)F. The van der Waals surface area contributed by atoms with E-state index in [0.29, 0.717) is 23.7 Å². The van der Waals surface area contributed by atoms with Crippen LogP contribution in [0.2, 0.25) is 0 Å². The Morgan fingerprint density at radius 3 is 2.79 bits per heavy atom. The van der Waals surface area contributed by atoms with Gasteiger partial charge in [0.15, 0.2) is 11.6 Å². The van der Waals surface area contributed by atoms with Crippen molar-refractivity contribution in [2.75, 3.05) is 51.3 Å². The number of pyridine rings is 1. The van der Waals surface area contributed by atoms with E-state index < -0.39 is 23.6 Å². The first-order valence-corrected chi connectivity index (χ1v) is 14.8. The number of benzene rings is 1. The fourth-order valence-corrected chi connectivity index (χ4v) is 6.74. The maximum atomic E-state index is 16.6. The Labute approximate surface area is 250 Å². The van der Waals surface area contributed by atoms with Crippen LogP contribution >= 0.6 is 0 Å². The van der Waals surface area contributed by atoms with Crippen LogP contribution in [0, 0.1) is 12.4 Å². The van der Waals surface area contributed by atoms with Gasteiger partial charge in [0.25, 0.3) is 5.91 Å². The zero-order valence-corrected chi connectivity index (χ0v) is 24.5. The predicted octanol–water partition coefficient (Wildman–Crippen LogP) is 4.77. The molecular weight excluding hydrogens is 552 g/mol. The summed E-state index contributed by atoms with van der Waals surface area (Å²) in [5.74, 6) is -1.73. The standard InChI is InChI=1S/C32H35F2N7O2/c1-19-10-11-21-7-5-9-24(26(19)21)28-27(34)29-25(16-36-28)30(38-32(37-29)43-18-22-8-6-12-39(22)4)40-13-14-41(31(42)20(2)33)23(17-40)15-35-3/h5,7,9,16,19,22-23H,2,6,8,10-15,17-18H2,1,4H3/t19?,22-,23-/m0/s1. The molecule has 1 aromatic carbocycles. The molecule has 1 unspecified atom stereocenters. The van der Waals surface area contributed by atoms with Crippen molar-refractivity contribution in [2.24, 2.45) is 0 Å².